The van der Waals surface area contributed by atoms with Crippen LogP contribution in [0, 0.1) is 11.8 Å². The lowest BCUT2D eigenvalue weighted by Gasteiger charge is -2.28. The van der Waals surface area contributed by atoms with Gasteiger partial charge in [-0.05, 0) is 63.0 Å². The SMILES string of the molecule is CN(C)[C@@H](CNC(=S)N[C@@H]1C[C@H]2CC[C@H]1C2)c1ccccc1. The molecule has 0 radical (unpaired) electrons. The van der Waals surface area contributed by atoms with E-state index in [0.717, 1.165) is 23.5 Å². The summed E-state index contributed by atoms with van der Waals surface area (Å²) >= 11 is 5.52. The second-order valence-electron chi connectivity index (χ2n) is 7.03. The number of thiocarbonyl (C=S) groups is 1. The van der Waals surface area contributed by atoms with Crippen LogP contribution in [0.4, 0.5) is 0 Å². The first-order chi connectivity index (χ1) is 10.6. The molecule has 3 nitrogen and oxygen atoms in total. The van der Waals surface area contributed by atoms with E-state index in [2.05, 4.69) is 60.0 Å². The van der Waals surface area contributed by atoms with E-state index in [-0.39, 0.29) is 0 Å². The van der Waals surface area contributed by atoms with Crippen molar-refractivity contribution < 1.29 is 0 Å². The van der Waals surface area contributed by atoms with Crippen LogP contribution < -0.4 is 10.6 Å². The zero-order valence-electron chi connectivity index (χ0n) is 13.6. The van der Waals surface area contributed by atoms with E-state index in [0.29, 0.717) is 12.1 Å². The molecule has 0 aliphatic heterocycles. The average Bonchev–Trinajstić information content (AvgIpc) is 3.11. The first-order valence-electron chi connectivity index (χ1n) is 8.39. The number of nitrogens with one attached hydrogen (secondary N) is 2. The Kier molecular flexibility index (Phi) is 4.99. The van der Waals surface area contributed by atoms with Gasteiger partial charge in [-0.3, -0.25) is 0 Å². The second-order valence-corrected chi connectivity index (χ2v) is 7.43. The molecule has 1 aromatic carbocycles. The van der Waals surface area contributed by atoms with Gasteiger partial charge in [-0.15, -0.1) is 0 Å². The molecule has 0 heterocycles. The minimum Gasteiger partial charge on any atom is -0.361 e. The Labute approximate surface area is 139 Å². The summed E-state index contributed by atoms with van der Waals surface area (Å²) in [7, 11) is 4.23. The molecule has 2 saturated carbocycles. The summed E-state index contributed by atoms with van der Waals surface area (Å²) in [5.74, 6) is 1.80. The standard InChI is InChI=1S/C18H27N3S/c1-21(2)17(14-6-4-3-5-7-14)12-19-18(22)20-16-11-13-8-9-15(16)10-13/h3-7,13,15-17H,8-12H2,1-2H3,(H2,19,20,22)/t13-,15-,16+,17-/m0/s1. The molecule has 0 amide bonds. The number of benzene rings is 1. The fourth-order valence-corrected chi connectivity index (χ4v) is 4.34. The van der Waals surface area contributed by atoms with Gasteiger partial charge in [-0.1, -0.05) is 36.8 Å². The van der Waals surface area contributed by atoms with E-state index < -0.39 is 0 Å². The Hall–Kier alpha value is -1.13. The highest BCUT2D eigenvalue weighted by molar-refractivity contribution is 7.80. The van der Waals surface area contributed by atoms with E-state index in [9.17, 15) is 0 Å². The minimum absolute atomic E-state index is 0.334. The van der Waals surface area contributed by atoms with Crippen LogP contribution in [0.25, 0.3) is 0 Å². The van der Waals surface area contributed by atoms with Crippen LogP contribution in [0.15, 0.2) is 30.3 Å². The van der Waals surface area contributed by atoms with Gasteiger partial charge in [0.1, 0.15) is 0 Å². The first kappa shape index (κ1) is 15.8. The zero-order valence-corrected chi connectivity index (χ0v) is 14.4. The molecular formula is C18H27N3S. The van der Waals surface area contributed by atoms with Crippen LogP contribution >= 0.6 is 12.2 Å². The fourth-order valence-electron chi connectivity index (χ4n) is 4.10. The molecular weight excluding hydrogens is 290 g/mol. The van der Waals surface area contributed by atoms with Crippen molar-refractivity contribution in [2.24, 2.45) is 11.8 Å². The third-order valence-corrected chi connectivity index (χ3v) is 5.58. The summed E-state index contributed by atoms with van der Waals surface area (Å²) < 4.78 is 0. The van der Waals surface area contributed by atoms with E-state index in [1.54, 1.807) is 0 Å². The molecule has 0 spiro atoms. The maximum atomic E-state index is 5.52. The summed E-state index contributed by atoms with van der Waals surface area (Å²) in [6.07, 6.45) is 5.53. The highest BCUT2D eigenvalue weighted by Crippen LogP contribution is 2.44. The predicted octanol–water partition coefficient (Wildman–Crippen LogP) is 2.94. The van der Waals surface area contributed by atoms with Crippen molar-refractivity contribution in [2.75, 3.05) is 20.6 Å². The number of rotatable bonds is 5. The summed E-state index contributed by atoms with van der Waals surface area (Å²) in [6.45, 7) is 0.837. The average molecular weight is 318 g/mol. The van der Waals surface area contributed by atoms with E-state index in [1.165, 1.54) is 31.2 Å². The van der Waals surface area contributed by atoms with Crippen molar-refractivity contribution in [3.63, 3.8) is 0 Å². The number of hydrogen-bond donors (Lipinski definition) is 2. The largest absolute Gasteiger partial charge is 0.361 e. The van der Waals surface area contributed by atoms with E-state index in [1.807, 2.05) is 0 Å². The fraction of sp³-hybridized carbons (Fsp3) is 0.611. The maximum Gasteiger partial charge on any atom is 0.166 e. The Balaban J connectivity index is 1.50. The van der Waals surface area contributed by atoms with E-state index >= 15 is 0 Å². The van der Waals surface area contributed by atoms with Crippen LogP contribution in [0.5, 0.6) is 0 Å². The minimum atomic E-state index is 0.334. The van der Waals surface area contributed by atoms with Gasteiger partial charge in [-0.2, -0.15) is 0 Å². The van der Waals surface area contributed by atoms with Crippen LogP contribution in [-0.2, 0) is 0 Å². The lowest BCUT2D eigenvalue weighted by molar-refractivity contribution is 0.297. The lowest BCUT2D eigenvalue weighted by Crippen LogP contribution is -2.46. The monoisotopic (exact) mass is 317 g/mol. The van der Waals surface area contributed by atoms with Gasteiger partial charge in [0.15, 0.2) is 5.11 Å². The highest BCUT2D eigenvalue weighted by atomic mass is 32.1. The lowest BCUT2D eigenvalue weighted by atomic mass is 9.95. The molecule has 2 aliphatic rings. The normalized spacial score (nSPS) is 27.9. The van der Waals surface area contributed by atoms with Crippen molar-refractivity contribution in [2.45, 2.75) is 37.8 Å². The molecule has 4 atom stereocenters. The molecule has 2 aliphatic carbocycles. The van der Waals surface area contributed by atoms with E-state index in [4.69, 9.17) is 12.2 Å². The zero-order chi connectivity index (χ0) is 15.5. The third kappa shape index (κ3) is 3.61. The van der Waals surface area contributed by atoms with Crippen LogP contribution in [-0.4, -0.2) is 36.7 Å². The molecule has 2 bridgehead atoms. The third-order valence-electron chi connectivity index (χ3n) is 5.32. The Morgan fingerprint density at radius 2 is 2.00 bits per heavy atom. The van der Waals surface area contributed by atoms with Gasteiger partial charge in [0.25, 0.3) is 0 Å². The smallest absolute Gasteiger partial charge is 0.166 e. The summed E-state index contributed by atoms with van der Waals surface area (Å²) in [4.78, 5) is 2.24. The molecule has 1 aromatic rings. The second kappa shape index (κ2) is 6.97. The number of fused-ring (bicyclic) bond motifs is 2. The molecule has 2 N–H and O–H groups in total. The van der Waals surface area contributed by atoms with Crippen molar-refractivity contribution in [1.29, 1.82) is 0 Å². The van der Waals surface area contributed by atoms with Crippen LogP contribution in [0.2, 0.25) is 0 Å². The van der Waals surface area contributed by atoms with Crippen molar-refractivity contribution in [1.82, 2.24) is 15.5 Å². The molecule has 0 saturated heterocycles. The summed E-state index contributed by atoms with van der Waals surface area (Å²) in [5.41, 5.74) is 1.32. The Morgan fingerprint density at radius 1 is 1.23 bits per heavy atom. The molecule has 120 valence electrons. The van der Waals surface area contributed by atoms with Gasteiger partial charge >= 0.3 is 0 Å². The molecule has 2 fully saturated rings. The van der Waals surface area contributed by atoms with Gasteiger partial charge in [0, 0.05) is 12.6 Å². The summed E-state index contributed by atoms with van der Waals surface area (Å²) in [5, 5.41) is 7.81. The number of likely N-dealkylation sites (N-methyl/N-ethyl adjacent to an activating group) is 1. The molecule has 3 rings (SSSR count). The van der Waals surface area contributed by atoms with Crippen molar-refractivity contribution in [3.05, 3.63) is 35.9 Å². The predicted molar refractivity (Wildman–Crippen MR) is 95.8 cm³/mol. The van der Waals surface area contributed by atoms with Crippen LogP contribution in [0.1, 0.15) is 37.3 Å². The quantitative estimate of drug-likeness (QED) is 0.817. The topological polar surface area (TPSA) is 27.3 Å². The number of nitrogens with zero attached hydrogens (tertiary/aromatic N) is 1. The number of hydrogen-bond acceptors (Lipinski definition) is 2. The van der Waals surface area contributed by atoms with Crippen molar-refractivity contribution >= 4 is 17.3 Å². The first-order valence-corrected chi connectivity index (χ1v) is 8.80. The molecule has 0 unspecified atom stereocenters. The molecule has 22 heavy (non-hydrogen) atoms. The Bertz CT molecular complexity index is 502. The van der Waals surface area contributed by atoms with Gasteiger partial charge in [0.05, 0.1) is 6.04 Å². The summed E-state index contributed by atoms with van der Waals surface area (Å²) in [6, 6.07) is 11.5. The molecule has 4 heteroatoms. The van der Waals surface area contributed by atoms with Gasteiger partial charge in [-0.25, -0.2) is 0 Å². The van der Waals surface area contributed by atoms with Crippen molar-refractivity contribution in [3.8, 4) is 0 Å². The molecule has 0 aromatic heterocycles. The Morgan fingerprint density at radius 3 is 2.59 bits per heavy atom. The van der Waals surface area contributed by atoms with Gasteiger partial charge in [0.2, 0.25) is 0 Å². The maximum absolute atomic E-state index is 5.52. The van der Waals surface area contributed by atoms with Crippen LogP contribution in [0.3, 0.4) is 0 Å². The highest BCUT2D eigenvalue weighted by Gasteiger charge is 2.39. The van der Waals surface area contributed by atoms with Gasteiger partial charge < -0.3 is 15.5 Å².